The Hall–Kier alpha value is 0.350. The summed E-state index contributed by atoms with van der Waals surface area (Å²) in [6, 6.07) is 0. The van der Waals surface area contributed by atoms with E-state index < -0.39 is 10.2 Å². The highest BCUT2D eigenvalue weighted by atomic mass is 79.9. The van der Waals surface area contributed by atoms with Crippen LogP contribution in [0.5, 0.6) is 0 Å². The van der Waals surface area contributed by atoms with Crippen molar-refractivity contribution in [2.24, 2.45) is 5.92 Å². The molecule has 0 amide bonds. The maximum Gasteiger partial charge on any atom is 0.279 e. The zero-order valence-electron chi connectivity index (χ0n) is 12.1. The molecule has 1 rings (SSSR count). The molecule has 0 saturated carbocycles. The Morgan fingerprint density at radius 1 is 1.11 bits per heavy atom. The van der Waals surface area contributed by atoms with Crippen LogP contribution in [0.15, 0.2) is 0 Å². The zero-order valence-corrected chi connectivity index (χ0v) is 14.5. The van der Waals surface area contributed by atoms with Crippen LogP contribution in [0, 0.1) is 5.92 Å². The van der Waals surface area contributed by atoms with E-state index in [-0.39, 0.29) is 4.83 Å². The van der Waals surface area contributed by atoms with Gasteiger partial charge in [-0.1, -0.05) is 55.5 Å². The summed E-state index contributed by atoms with van der Waals surface area (Å²) >= 11 is 3.61. The summed E-state index contributed by atoms with van der Waals surface area (Å²) in [5.74, 6) is 0.520. The molecule has 19 heavy (non-hydrogen) atoms. The lowest BCUT2D eigenvalue weighted by Crippen LogP contribution is -2.44. The van der Waals surface area contributed by atoms with Gasteiger partial charge in [0.2, 0.25) is 0 Å². The van der Waals surface area contributed by atoms with Gasteiger partial charge in [0, 0.05) is 24.5 Å². The third-order valence-electron chi connectivity index (χ3n) is 3.93. The van der Waals surface area contributed by atoms with Crippen LogP contribution in [0.3, 0.4) is 0 Å². The van der Waals surface area contributed by atoms with E-state index >= 15 is 0 Å². The van der Waals surface area contributed by atoms with Crippen LogP contribution in [0.2, 0.25) is 0 Å². The normalized spacial score (nSPS) is 20.4. The molecular weight excluding hydrogens is 328 g/mol. The molecule has 1 unspecified atom stereocenters. The first kappa shape index (κ1) is 17.4. The highest BCUT2D eigenvalue weighted by Crippen LogP contribution is 2.20. The second-order valence-corrected chi connectivity index (χ2v) is 8.19. The summed E-state index contributed by atoms with van der Waals surface area (Å²) in [5.41, 5.74) is 0. The maximum absolute atomic E-state index is 12.2. The molecule has 1 fully saturated rings. The van der Waals surface area contributed by atoms with Gasteiger partial charge in [-0.25, -0.2) is 4.72 Å². The summed E-state index contributed by atoms with van der Waals surface area (Å²) < 4.78 is 28.8. The van der Waals surface area contributed by atoms with E-state index in [0.29, 0.717) is 25.6 Å². The van der Waals surface area contributed by atoms with Crippen molar-refractivity contribution in [3.63, 3.8) is 0 Å². The molecule has 0 aromatic rings. The molecule has 114 valence electrons. The largest absolute Gasteiger partial charge is 0.279 e. The number of hydrogen-bond acceptors (Lipinski definition) is 2. The Morgan fingerprint density at radius 3 is 2.11 bits per heavy atom. The van der Waals surface area contributed by atoms with Crippen LogP contribution in [0.4, 0.5) is 0 Å². The third-order valence-corrected chi connectivity index (χ3v) is 6.57. The minimum Gasteiger partial charge on any atom is -0.201 e. The van der Waals surface area contributed by atoms with Crippen LogP contribution in [0.25, 0.3) is 0 Å². The first-order valence-corrected chi connectivity index (χ1v) is 9.75. The van der Waals surface area contributed by atoms with E-state index in [1.54, 1.807) is 4.31 Å². The quantitative estimate of drug-likeness (QED) is 0.714. The molecular formula is C13H27BrN2O2S. The smallest absolute Gasteiger partial charge is 0.201 e. The Morgan fingerprint density at radius 2 is 1.63 bits per heavy atom. The van der Waals surface area contributed by atoms with Crippen molar-refractivity contribution in [1.29, 1.82) is 0 Å². The van der Waals surface area contributed by atoms with Crippen molar-refractivity contribution in [3.05, 3.63) is 0 Å². The number of nitrogens with one attached hydrogen (secondary N) is 1. The predicted octanol–water partition coefficient (Wildman–Crippen LogP) is 2.90. The topological polar surface area (TPSA) is 49.4 Å². The lowest BCUT2D eigenvalue weighted by atomic mass is 10.00. The van der Waals surface area contributed by atoms with Crippen LogP contribution < -0.4 is 4.72 Å². The minimum absolute atomic E-state index is 0.212. The minimum atomic E-state index is -3.30. The van der Waals surface area contributed by atoms with Gasteiger partial charge in [-0.15, -0.1) is 0 Å². The molecule has 1 aliphatic heterocycles. The maximum atomic E-state index is 12.2. The Kier molecular flexibility index (Phi) is 7.87. The van der Waals surface area contributed by atoms with E-state index in [1.807, 2.05) is 0 Å². The zero-order chi connectivity index (χ0) is 14.3. The van der Waals surface area contributed by atoms with Crippen molar-refractivity contribution in [1.82, 2.24) is 9.03 Å². The Bertz CT molecular complexity index is 337. The summed E-state index contributed by atoms with van der Waals surface area (Å²) in [6.07, 6.45) is 6.37. The SMILES string of the molecule is CCC(CC)C(Br)CNS(=O)(=O)N1CCCCCC1. The predicted molar refractivity (Wildman–Crippen MR) is 83.8 cm³/mol. The Labute approximate surface area is 126 Å². The van der Waals surface area contributed by atoms with Crippen LogP contribution in [0.1, 0.15) is 52.4 Å². The molecule has 6 heteroatoms. The van der Waals surface area contributed by atoms with Crippen molar-refractivity contribution < 1.29 is 8.42 Å². The fraction of sp³-hybridized carbons (Fsp3) is 1.00. The van der Waals surface area contributed by atoms with Crippen molar-refractivity contribution in [2.45, 2.75) is 57.2 Å². The molecule has 1 saturated heterocycles. The summed E-state index contributed by atoms with van der Waals surface area (Å²) in [7, 11) is -3.30. The number of rotatable bonds is 7. The van der Waals surface area contributed by atoms with E-state index in [4.69, 9.17) is 0 Å². The fourth-order valence-corrected chi connectivity index (χ4v) is 4.96. The number of nitrogens with zero attached hydrogens (tertiary/aromatic N) is 1. The van der Waals surface area contributed by atoms with Crippen molar-refractivity contribution in [3.8, 4) is 0 Å². The van der Waals surface area contributed by atoms with E-state index in [9.17, 15) is 8.42 Å². The van der Waals surface area contributed by atoms with Crippen molar-refractivity contribution in [2.75, 3.05) is 19.6 Å². The Balaban J connectivity index is 2.49. The number of halogens is 1. The molecule has 4 nitrogen and oxygen atoms in total. The van der Waals surface area contributed by atoms with Gasteiger partial charge in [0.25, 0.3) is 10.2 Å². The summed E-state index contributed by atoms with van der Waals surface area (Å²) in [6.45, 7) is 6.09. The first-order chi connectivity index (χ1) is 9.01. The molecule has 0 bridgehead atoms. The van der Waals surface area contributed by atoms with Crippen LogP contribution in [-0.4, -0.2) is 37.2 Å². The van der Waals surface area contributed by atoms with Gasteiger partial charge < -0.3 is 0 Å². The van der Waals surface area contributed by atoms with Crippen LogP contribution >= 0.6 is 15.9 Å². The molecule has 0 radical (unpaired) electrons. The van der Waals surface area contributed by atoms with E-state index in [2.05, 4.69) is 34.5 Å². The first-order valence-electron chi connectivity index (χ1n) is 7.40. The second kappa shape index (κ2) is 8.60. The summed E-state index contributed by atoms with van der Waals surface area (Å²) in [4.78, 5) is 0.212. The fourth-order valence-electron chi connectivity index (χ4n) is 2.53. The highest BCUT2D eigenvalue weighted by Gasteiger charge is 2.24. The monoisotopic (exact) mass is 354 g/mol. The average Bonchev–Trinajstić information content (AvgIpc) is 2.67. The van der Waals surface area contributed by atoms with Gasteiger partial charge in [-0.3, -0.25) is 0 Å². The molecule has 1 atom stereocenters. The average molecular weight is 355 g/mol. The van der Waals surface area contributed by atoms with Gasteiger partial charge >= 0.3 is 0 Å². The van der Waals surface area contributed by atoms with Gasteiger partial charge in [0.05, 0.1) is 0 Å². The van der Waals surface area contributed by atoms with E-state index in [1.165, 1.54) is 0 Å². The van der Waals surface area contributed by atoms with Gasteiger partial charge in [-0.05, 0) is 18.8 Å². The van der Waals surface area contributed by atoms with Crippen molar-refractivity contribution >= 4 is 26.1 Å². The van der Waals surface area contributed by atoms with Gasteiger partial charge in [0.1, 0.15) is 0 Å². The molecule has 0 spiro atoms. The molecule has 1 N–H and O–H groups in total. The molecule has 0 aliphatic carbocycles. The standard InChI is InChI=1S/C13H27BrN2O2S/c1-3-12(4-2)13(14)11-15-19(17,18)16-9-7-5-6-8-10-16/h12-13,15H,3-11H2,1-2H3. The van der Waals surface area contributed by atoms with Gasteiger partial charge in [0.15, 0.2) is 0 Å². The van der Waals surface area contributed by atoms with E-state index in [0.717, 1.165) is 38.5 Å². The third kappa shape index (κ3) is 5.69. The number of alkyl halides is 1. The molecule has 1 aliphatic rings. The van der Waals surface area contributed by atoms with Gasteiger partial charge in [-0.2, -0.15) is 12.7 Å². The lowest BCUT2D eigenvalue weighted by Gasteiger charge is -2.24. The molecule has 0 aromatic carbocycles. The molecule has 1 heterocycles. The number of hydrogen-bond donors (Lipinski definition) is 1. The summed E-state index contributed by atoms with van der Waals surface area (Å²) in [5, 5.41) is 0. The highest BCUT2D eigenvalue weighted by molar-refractivity contribution is 9.09. The second-order valence-electron chi connectivity index (χ2n) is 5.26. The van der Waals surface area contributed by atoms with Crippen LogP contribution in [-0.2, 0) is 10.2 Å². The lowest BCUT2D eigenvalue weighted by molar-refractivity contribution is 0.409. The molecule has 0 aromatic heterocycles.